The predicted molar refractivity (Wildman–Crippen MR) is 42.7 cm³/mol. The molecule has 3 nitrogen and oxygen atoms in total. The van der Waals surface area contributed by atoms with Crippen LogP contribution in [-0.2, 0) is 4.74 Å². The summed E-state index contributed by atoms with van der Waals surface area (Å²) in [4.78, 5) is 4.04. The van der Waals surface area contributed by atoms with Crippen LogP contribution in [0.15, 0.2) is 17.5 Å². The molecule has 0 bridgehead atoms. The molecule has 0 rings (SSSR count). The number of rotatable bonds is 4. The molecule has 0 aromatic rings. The maximum atomic E-state index is 5.13. The van der Waals surface area contributed by atoms with Gasteiger partial charge in [0.1, 0.15) is 0 Å². The van der Waals surface area contributed by atoms with E-state index in [1.54, 1.807) is 0 Å². The molecule has 0 aliphatic rings. The predicted octanol–water partition coefficient (Wildman–Crippen LogP) is 1.26. The van der Waals surface area contributed by atoms with E-state index in [9.17, 15) is 0 Å². The Balaban J connectivity index is 3.43. The van der Waals surface area contributed by atoms with Gasteiger partial charge in [0, 0.05) is 5.71 Å². The van der Waals surface area contributed by atoms with E-state index in [2.05, 4.69) is 11.6 Å². The third kappa shape index (κ3) is 5.15. The summed E-state index contributed by atoms with van der Waals surface area (Å²) in [6.07, 6.45) is 0.945. The first-order chi connectivity index (χ1) is 4.66. The monoisotopic (exact) mass is 142 g/mol. The second kappa shape index (κ2) is 4.85. The number of hydrogen-bond donors (Lipinski definition) is 1. The molecule has 0 aliphatic carbocycles. The van der Waals surface area contributed by atoms with Crippen molar-refractivity contribution in [2.24, 2.45) is 10.7 Å². The molecular weight excluding hydrogens is 128 g/mol. The minimum atomic E-state index is 0.215. The van der Waals surface area contributed by atoms with Gasteiger partial charge in [-0.25, -0.2) is 0 Å². The van der Waals surface area contributed by atoms with Crippen LogP contribution in [0.5, 0.6) is 0 Å². The topological polar surface area (TPSA) is 47.6 Å². The highest BCUT2D eigenvalue weighted by atomic mass is 16.5. The fourth-order valence-corrected chi connectivity index (χ4v) is 0.337. The van der Waals surface area contributed by atoms with Crippen LogP contribution in [0.3, 0.4) is 0 Å². The van der Waals surface area contributed by atoms with Crippen LogP contribution in [0.25, 0.3) is 0 Å². The standard InChI is InChI=1S/C7H14N2O/c1-4-6(2)9-5-10-7(3)8/h3-5,8H2,1-2H3/b9-6+. The van der Waals surface area contributed by atoms with Crippen molar-refractivity contribution >= 4 is 5.71 Å². The zero-order chi connectivity index (χ0) is 7.98. The number of aliphatic imine (C=N–C) groups is 1. The van der Waals surface area contributed by atoms with Crippen molar-refractivity contribution in [3.05, 3.63) is 12.5 Å². The maximum Gasteiger partial charge on any atom is 0.180 e. The Labute approximate surface area is 61.6 Å². The van der Waals surface area contributed by atoms with E-state index in [1.165, 1.54) is 0 Å². The second-order valence-corrected chi connectivity index (χ2v) is 1.99. The molecule has 0 radical (unpaired) electrons. The van der Waals surface area contributed by atoms with Crippen molar-refractivity contribution in [3.8, 4) is 0 Å². The highest BCUT2D eigenvalue weighted by Crippen LogP contribution is 1.87. The summed E-state index contributed by atoms with van der Waals surface area (Å²) in [5.41, 5.74) is 6.19. The van der Waals surface area contributed by atoms with Gasteiger partial charge in [-0.1, -0.05) is 6.92 Å². The van der Waals surface area contributed by atoms with Crippen molar-refractivity contribution in [2.45, 2.75) is 20.3 Å². The van der Waals surface area contributed by atoms with Crippen LogP contribution < -0.4 is 5.73 Å². The Morgan fingerprint density at radius 2 is 2.30 bits per heavy atom. The van der Waals surface area contributed by atoms with Crippen LogP contribution >= 0.6 is 0 Å². The summed E-state index contributed by atoms with van der Waals surface area (Å²) in [7, 11) is 0. The summed E-state index contributed by atoms with van der Waals surface area (Å²) in [6.45, 7) is 7.64. The highest BCUT2D eigenvalue weighted by Gasteiger charge is 1.85. The van der Waals surface area contributed by atoms with Gasteiger partial charge in [0.2, 0.25) is 0 Å². The molecule has 10 heavy (non-hydrogen) atoms. The Morgan fingerprint density at radius 1 is 1.70 bits per heavy atom. The van der Waals surface area contributed by atoms with Gasteiger partial charge in [-0.05, 0) is 19.9 Å². The molecule has 0 saturated carbocycles. The summed E-state index contributed by atoms with van der Waals surface area (Å²) >= 11 is 0. The maximum absolute atomic E-state index is 5.13. The Bertz CT molecular complexity index is 141. The lowest BCUT2D eigenvalue weighted by Gasteiger charge is -2.00. The lowest BCUT2D eigenvalue weighted by molar-refractivity contribution is 0.221. The third-order valence-corrected chi connectivity index (χ3v) is 1.10. The molecule has 0 aliphatic heterocycles. The van der Waals surface area contributed by atoms with Crippen molar-refractivity contribution in [2.75, 3.05) is 6.73 Å². The first-order valence-electron chi connectivity index (χ1n) is 3.24. The van der Waals surface area contributed by atoms with Gasteiger partial charge in [-0.15, -0.1) is 0 Å². The lowest BCUT2D eigenvalue weighted by Crippen LogP contribution is -2.02. The molecule has 3 heteroatoms. The number of nitrogens with two attached hydrogens (primary N) is 1. The quantitative estimate of drug-likeness (QED) is 0.474. The Morgan fingerprint density at radius 3 is 2.70 bits per heavy atom. The van der Waals surface area contributed by atoms with Crippen molar-refractivity contribution < 1.29 is 4.74 Å². The molecule has 0 spiro atoms. The molecular formula is C7H14N2O. The summed E-state index contributed by atoms with van der Waals surface area (Å²) in [5, 5.41) is 0. The smallest absolute Gasteiger partial charge is 0.180 e. The van der Waals surface area contributed by atoms with E-state index in [1.807, 2.05) is 13.8 Å². The number of ether oxygens (including phenoxy) is 1. The summed E-state index contributed by atoms with van der Waals surface area (Å²) < 4.78 is 4.81. The van der Waals surface area contributed by atoms with Crippen molar-refractivity contribution in [3.63, 3.8) is 0 Å². The number of hydrogen-bond acceptors (Lipinski definition) is 3. The van der Waals surface area contributed by atoms with E-state index in [-0.39, 0.29) is 12.6 Å². The fraction of sp³-hybridized carbons (Fsp3) is 0.571. The molecule has 58 valence electrons. The first-order valence-corrected chi connectivity index (χ1v) is 3.24. The van der Waals surface area contributed by atoms with Crippen molar-refractivity contribution in [1.82, 2.24) is 0 Å². The van der Waals surface area contributed by atoms with E-state index < -0.39 is 0 Å². The van der Waals surface area contributed by atoms with Gasteiger partial charge in [-0.3, -0.25) is 4.99 Å². The van der Waals surface area contributed by atoms with Gasteiger partial charge < -0.3 is 10.5 Å². The SMILES string of the molecule is C=C(N)OC/N=C(\C)CC. The number of nitrogens with zero attached hydrogens (tertiary/aromatic N) is 1. The van der Waals surface area contributed by atoms with Crippen LogP contribution in [0.4, 0.5) is 0 Å². The van der Waals surface area contributed by atoms with E-state index in [0.717, 1.165) is 12.1 Å². The zero-order valence-corrected chi connectivity index (χ0v) is 6.55. The molecule has 0 unspecified atom stereocenters. The molecule has 0 heterocycles. The van der Waals surface area contributed by atoms with E-state index >= 15 is 0 Å². The first kappa shape index (κ1) is 9.01. The van der Waals surface area contributed by atoms with E-state index in [4.69, 9.17) is 10.5 Å². The molecule has 0 aromatic heterocycles. The van der Waals surface area contributed by atoms with Gasteiger partial charge in [-0.2, -0.15) is 0 Å². The van der Waals surface area contributed by atoms with Gasteiger partial charge >= 0.3 is 0 Å². The van der Waals surface area contributed by atoms with Crippen molar-refractivity contribution in [1.29, 1.82) is 0 Å². The minimum absolute atomic E-state index is 0.215. The van der Waals surface area contributed by atoms with Crippen LogP contribution in [0, 0.1) is 0 Å². The second-order valence-electron chi connectivity index (χ2n) is 1.99. The van der Waals surface area contributed by atoms with Crippen LogP contribution in [0.1, 0.15) is 20.3 Å². The molecule has 0 fully saturated rings. The third-order valence-electron chi connectivity index (χ3n) is 1.10. The molecule has 0 amide bonds. The van der Waals surface area contributed by atoms with Crippen LogP contribution in [0.2, 0.25) is 0 Å². The lowest BCUT2D eigenvalue weighted by atomic mass is 10.3. The molecule has 0 aromatic carbocycles. The Hall–Kier alpha value is -0.990. The van der Waals surface area contributed by atoms with Gasteiger partial charge in [0.05, 0.1) is 0 Å². The zero-order valence-electron chi connectivity index (χ0n) is 6.55. The summed E-state index contributed by atoms with van der Waals surface area (Å²) in [5.74, 6) is 0.215. The average molecular weight is 142 g/mol. The van der Waals surface area contributed by atoms with Gasteiger partial charge in [0.15, 0.2) is 12.6 Å². The van der Waals surface area contributed by atoms with Gasteiger partial charge in [0.25, 0.3) is 0 Å². The highest BCUT2D eigenvalue weighted by molar-refractivity contribution is 5.81. The average Bonchev–Trinajstić information content (AvgIpc) is 1.87. The van der Waals surface area contributed by atoms with E-state index in [0.29, 0.717) is 0 Å². The minimum Gasteiger partial charge on any atom is -0.457 e. The summed E-state index contributed by atoms with van der Waals surface area (Å²) in [6, 6.07) is 0. The molecule has 0 atom stereocenters. The molecule has 2 N–H and O–H groups in total. The molecule has 0 saturated heterocycles. The van der Waals surface area contributed by atoms with Crippen LogP contribution in [-0.4, -0.2) is 12.4 Å². The Kier molecular flexibility index (Phi) is 4.37. The fourth-order valence-electron chi connectivity index (χ4n) is 0.337. The largest absolute Gasteiger partial charge is 0.457 e. The normalized spacial score (nSPS) is 11.2.